The average molecular weight is 550 g/mol. The van der Waals surface area contributed by atoms with E-state index in [0.717, 1.165) is 17.9 Å². The molecule has 4 aromatic rings. The third kappa shape index (κ3) is 7.19. The molecule has 0 saturated carbocycles. The van der Waals surface area contributed by atoms with Crippen molar-refractivity contribution in [2.75, 3.05) is 44.5 Å². The van der Waals surface area contributed by atoms with Crippen LogP contribution in [-0.4, -0.2) is 55.7 Å². The van der Waals surface area contributed by atoms with E-state index in [0.29, 0.717) is 59.1 Å². The minimum atomic E-state index is -0.286. The highest BCUT2D eigenvalue weighted by Gasteiger charge is 2.21. The van der Waals surface area contributed by atoms with Crippen LogP contribution in [-0.2, 0) is 9.53 Å². The molecule has 1 atom stereocenters. The normalized spacial score (nSPS) is 14.7. The number of carbonyl (C=O) groups is 1. The summed E-state index contributed by atoms with van der Waals surface area (Å²) in [6, 6.07) is 22.8. The van der Waals surface area contributed by atoms with Gasteiger partial charge in [-0.3, -0.25) is 9.78 Å². The molecule has 1 aliphatic rings. The number of nitrogens with one attached hydrogen (secondary N) is 2. The minimum absolute atomic E-state index is 0.125. The number of amides is 1. The van der Waals surface area contributed by atoms with Gasteiger partial charge in [-0.1, -0.05) is 24.3 Å². The lowest BCUT2D eigenvalue weighted by molar-refractivity contribution is -0.111. The monoisotopic (exact) mass is 549 g/mol. The molecule has 0 spiro atoms. The molecular formula is C32H31N5O4. The topological polar surface area (TPSA) is 109 Å². The van der Waals surface area contributed by atoms with E-state index < -0.39 is 0 Å². The molecular weight excluding hydrogens is 518 g/mol. The van der Waals surface area contributed by atoms with Crippen LogP contribution >= 0.6 is 0 Å². The van der Waals surface area contributed by atoms with Crippen LogP contribution in [0.5, 0.6) is 17.2 Å². The lowest BCUT2D eigenvalue weighted by atomic mass is 10.1. The van der Waals surface area contributed by atoms with E-state index in [9.17, 15) is 10.1 Å². The quantitative estimate of drug-likeness (QED) is 0.237. The van der Waals surface area contributed by atoms with Crippen LogP contribution < -0.4 is 20.1 Å². The number of aromatic nitrogens is 1. The summed E-state index contributed by atoms with van der Waals surface area (Å²) >= 11 is 0. The van der Waals surface area contributed by atoms with Gasteiger partial charge in [-0.15, -0.1) is 0 Å². The summed E-state index contributed by atoms with van der Waals surface area (Å²) in [5.41, 5.74) is 2.79. The number of carbonyl (C=O) groups excluding carboxylic acids is 1. The predicted molar refractivity (Wildman–Crippen MR) is 159 cm³/mol. The number of nitriles is 1. The van der Waals surface area contributed by atoms with E-state index in [1.807, 2.05) is 73.6 Å². The van der Waals surface area contributed by atoms with Crippen molar-refractivity contribution in [1.29, 1.82) is 5.26 Å². The number of pyridine rings is 1. The van der Waals surface area contributed by atoms with E-state index in [4.69, 9.17) is 14.2 Å². The Hall–Kier alpha value is -4.91. The van der Waals surface area contributed by atoms with Crippen molar-refractivity contribution in [2.24, 2.45) is 0 Å². The third-order valence-corrected chi connectivity index (χ3v) is 6.37. The molecule has 1 amide bonds. The molecule has 0 radical (unpaired) electrons. The number of nitrogens with zero attached hydrogens (tertiary/aromatic N) is 3. The molecule has 1 aromatic heterocycles. The molecule has 2 heterocycles. The second-order valence-corrected chi connectivity index (χ2v) is 9.85. The van der Waals surface area contributed by atoms with E-state index in [1.165, 1.54) is 12.3 Å². The highest BCUT2D eigenvalue weighted by atomic mass is 16.5. The number of hydrogen-bond donors (Lipinski definition) is 2. The van der Waals surface area contributed by atoms with Gasteiger partial charge >= 0.3 is 0 Å². The van der Waals surface area contributed by atoms with Crippen molar-refractivity contribution in [1.82, 2.24) is 9.88 Å². The molecule has 1 unspecified atom stereocenters. The summed E-state index contributed by atoms with van der Waals surface area (Å²) in [5, 5.41) is 16.9. The van der Waals surface area contributed by atoms with Gasteiger partial charge in [0.2, 0.25) is 5.91 Å². The van der Waals surface area contributed by atoms with Crippen molar-refractivity contribution in [2.45, 2.75) is 12.5 Å². The van der Waals surface area contributed by atoms with Crippen molar-refractivity contribution in [3.05, 3.63) is 90.6 Å². The lowest BCUT2D eigenvalue weighted by Crippen LogP contribution is -2.18. The van der Waals surface area contributed by atoms with E-state index in [-0.39, 0.29) is 12.0 Å². The zero-order valence-corrected chi connectivity index (χ0v) is 23.0. The molecule has 41 heavy (non-hydrogen) atoms. The Morgan fingerprint density at radius 3 is 2.63 bits per heavy atom. The van der Waals surface area contributed by atoms with Crippen LogP contribution in [0.25, 0.3) is 10.9 Å². The number of hydrogen-bond acceptors (Lipinski definition) is 8. The van der Waals surface area contributed by atoms with Crippen LogP contribution in [0.3, 0.4) is 0 Å². The number of anilines is 3. The Kier molecular flexibility index (Phi) is 8.74. The van der Waals surface area contributed by atoms with Gasteiger partial charge in [-0.05, 0) is 56.6 Å². The second-order valence-electron chi connectivity index (χ2n) is 9.85. The molecule has 1 fully saturated rings. The van der Waals surface area contributed by atoms with Crippen molar-refractivity contribution in [3.8, 4) is 23.3 Å². The highest BCUT2D eigenvalue weighted by Crippen LogP contribution is 2.37. The summed E-state index contributed by atoms with van der Waals surface area (Å²) in [7, 11) is 3.86. The first-order valence-electron chi connectivity index (χ1n) is 13.3. The fourth-order valence-corrected chi connectivity index (χ4v) is 4.34. The van der Waals surface area contributed by atoms with E-state index in [2.05, 4.69) is 21.7 Å². The lowest BCUT2D eigenvalue weighted by Gasteiger charge is -2.18. The van der Waals surface area contributed by atoms with Gasteiger partial charge in [-0.2, -0.15) is 5.26 Å². The summed E-state index contributed by atoms with van der Waals surface area (Å²) in [6.45, 7) is 1.73. The van der Waals surface area contributed by atoms with E-state index in [1.54, 1.807) is 18.2 Å². The molecule has 1 saturated heterocycles. The first-order chi connectivity index (χ1) is 20.0. The summed E-state index contributed by atoms with van der Waals surface area (Å²) in [6.07, 6.45) is 5.44. The third-order valence-electron chi connectivity index (χ3n) is 6.37. The fourth-order valence-electron chi connectivity index (χ4n) is 4.34. The van der Waals surface area contributed by atoms with Crippen molar-refractivity contribution in [3.63, 3.8) is 0 Å². The highest BCUT2D eigenvalue weighted by molar-refractivity contribution is 6.04. The smallest absolute Gasteiger partial charge is 0.248 e. The first-order valence-corrected chi connectivity index (χ1v) is 13.3. The van der Waals surface area contributed by atoms with Gasteiger partial charge in [-0.25, -0.2) is 0 Å². The Bertz CT molecular complexity index is 1570. The summed E-state index contributed by atoms with van der Waals surface area (Å²) < 4.78 is 17.6. The first kappa shape index (κ1) is 27.6. The van der Waals surface area contributed by atoms with Crippen LogP contribution in [0.2, 0.25) is 0 Å². The molecule has 9 heteroatoms. The predicted octanol–water partition coefficient (Wildman–Crippen LogP) is 5.87. The molecule has 208 valence electrons. The Balaban J connectivity index is 1.47. The molecule has 9 nitrogen and oxygen atoms in total. The maximum absolute atomic E-state index is 12.8. The molecule has 1 aliphatic heterocycles. The maximum Gasteiger partial charge on any atom is 0.248 e. The number of fused-ring (bicyclic) bond motifs is 1. The van der Waals surface area contributed by atoms with Gasteiger partial charge < -0.3 is 29.7 Å². The number of para-hydroxylation sites is 1. The van der Waals surface area contributed by atoms with Crippen LogP contribution in [0.1, 0.15) is 12.0 Å². The maximum atomic E-state index is 12.8. The molecule has 0 aliphatic carbocycles. The zero-order valence-electron chi connectivity index (χ0n) is 23.0. The average Bonchev–Trinajstić information content (AvgIpc) is 3.48. The Morgan fingerprint density at radius 1 is 1.15 bits per heavy atom. The largest absolute Gasteiger partial charge is 0.486 e. The van der Waals surface area contributed by atoms with Crippen molar-refractivity contribution >= 4 is 33.9 Å². The van der Waals surface area contributed by atoms with Gasteiger partial charge in [0.1, 0.15) is 29.4 Å². The Morgan fingerprint density at radius 2 is 1.93 bits per heavy atom. The molecule has 5 rings (SSSR count). The minimum Gasteiger partial charge on any atom is -0.486 e. The number of ether oxygens (including phenoxy) is 3. The van der Waals surface area contributed by atoms with Gasteiger partial charge in [0.05, 0.1) is 35.7 Å². The number of rotatable bonds is 10. The zero-order chi connectivity index (χ0) is 28.6. The van der Waals surface area contributed by atoms with Crippen molar-refractivity contribution < 1.29 is 19.0 Å². The number of benzene rings is 3. The SMILES string of the molecule is CN(C)CC=CC(=O)Nc1cc2c(Nc3ccc(Oc4ccccc4)cc3)c(C#N)cnc2cc1OC1CCOC1. The van der Waals surface area contributed by atoms with E-state index >= 15 is 0 Å². The molecule has 3 aromatic carbocycles. The summed E-state index contributed by atoms with van der Waals surface area (Å²) in [4.78, 5) is 19.3. The van der Waals surface area contributed by atoms with Crippen LogP contribution in [0, 0.1) is 11.3 Å². The number of likely N-dealkylation sites (N-methyl/N-ethyl adjacent to an activating group) is 1. The van der Waals surface area contributed by atoms with Crippen LogP contribution in [0.4, 0.5) is 17.1 Å². The van der Waals surface area contributed by atoms with Gasteiger partial charge in [0.25, 0.3) is 0 Å². The summed E-state index contributed by atoms with van der Waals surface area (Å²) in [5.74, 6) is 1.64. The fraction of sp³-hybridized carbons (Fsp3) is 0.219. The molecule has 2 N–H and O–H groups in total. The van der Waals surface area contributed by atoms with Gasteiger partial charge in [0.15, 0.2) is 0 Å². The van der Waals surface area contributed by atoms with Gasteiger partial charge in [0, 0.05) is 42.4 Å². The molecule has 0 bridgehead atoms. The second kappa shape index (κ2) is 13.0. The van der Waals surface area contributed by atoms with Crippen LogP contribution in [0.15, 0.2) is 85.1 Å². The Labute approximate surface area is 239 Å². The standard InChI is InChI=1S/C32H31N5O4/c1-37(2)15-6-9-31(38)36-29-17-27-28(18-30(29)41-26-14-16-39-21-26)34-20-22(19-33)32(27)35-23-10-12-25(13-11-23)40-24-7-4-3-5-8-24/h3-13,17-18,20,26H,14-16,21H2,1-2H3,(H,34,35)(H,36,38).